The van der Waals surface area contributed by atoms with Gasteiger partial charge in [0.2, 0.25) is 21.8 Å². The molecule has 3 rings (SSSR count). The summed E-state index contributed by atoms with van der Waals surface area (Å²) < 4.78 is 31.6. The summed E-state index contributed by atoms with van der Waals surface area (Å²) in [6, 6.07) is 11.0. The number of hydrogen-bond donors (Lipinski definition) is 1. The minimum Gasteiger partial charge on any atom is -0.497 e. The van der Waals surface area contributed by atoms with E-state index in [0.717, 1.165) is 41.8 Å². The van der Waals surface area contributed by atoms with Crippen LogP contribution in [0.15, 0.2) is 42.5 Å². The number of sulfonamides is 1. The van der Waals surface area contributed by atoms with Gasteiger partial charge in [0.1, 0.15) is 18.3 Å². The highest BCUT2D eigenvalue weighted by Gasteiger charge is 2.33. The van der Waals surface area contributed by atoms with Gasteiger partial charge in [-0.25, -0.2) is 8.42 Å². The van der Waals surface area contributed by atoms with Crippen LogP contribution in [0.3, 0.4) is 0 Å². The second kappa shape index (κ2) is 12.8. The van der Waals surface area contributed by atoms with Crippen molar-refractivity contribution in [3.8, 4) is 5.75 Å². The molecule has 37 heavy (non-hydrogen) atoms. The molecule has 0 aliphatic heterocycles. The molecule has 0 radical (unpaired) electrons. The summed E-state index contributed by atoms with van der Waals surface area (Å²) in [6.45, 7) is 1.40. The van der Waals surface area contributed by atoms with Gasteiger partial charge in [-0.2, -0.15) is 0 Å². The summed E-state index contributed by atoms with van der Waals surface area (Å²) in [7, 11) is -2.35. The summed E-state index contributed by atoms with van der Waals surface area (Å²) in [5.41, 5.74) is 0.867. The van der Waals surface area contributed by atoms with Gasteiger partial charge in [0, 0.05) is 12.6 Å². The predicted molar refractivity (Wildman–Crippen MR) is 147 cm³/mol. The van der Waals surface area contributed by atoms with E-state index < -0.39 is 28.5 Å². The molecule has 1 atom stereocenters. The van der Waals surface area contributed by atoms with Crippen molar-refractivity contribution in [1.82, 2.24) is 10.2 Å². The fourth-order valence-electron chi connectivity index (χ4n) is 4.49. The van der Waals surface area contributed by atoms with Crippen LogP contribution in [0.4, 0.5) is 5.69 Å². The van der Waals surface area contributed by atoms with Crippen molar-refractivity contribution in [2.24, 2.45) is 0 Å². The Morgan fingerprint density at radius 1 is 1.11 bits per heavy atom. The molecule has 1 saturated carbocycles. The molecule has 2 aromatic rings. The van der Waals surface area contributed by atoms with Crippen molar-refractivity contribution in [1.29, 1.82) is 0 Å². The van der Waals surface area contributed by atoms with Crippen molar-refractivity contribution in [3.63, 3.8) is 0 Å². The van der Waals surface area contributed by atoms with Crippen molar-refractivity contribution in [2.45, 2.75) is 57.7 Å². The number of carbonyl (C=O) groups excluding carboxylic acids is 2. The molecule has 1 aliphatic carbocycles. The summed E-state index contributed by atoms with van der Waals surface area (Å²) in [6.07, 6.45) is 5.28. The number of benzene rings is 2. The molecule has 2 amide bonds. The van der Waals surface area contributed by atoms with Crippen LogP contribution in [0.2, 0.25) is 10.0 Å². The summed E-state index contributed by atoms with van der Waals surface area (Å²) >= 11 is 12.4. The van der Waals surface area contributed by atoms with Crippen molar-refractivity contribution >= 4 is 50.7 Å². The standard InChI is InChI=1S/C26H33Cl2N3O5S/c1-4-22(26(33)29-19-8-5-6-9-19)30(16-18-12-14-20(36-2)15-13-18)24(32)17-31(37(3,34)35)23-11-7-10-21(27)25(23)28/h7,10-15,19,22H,4-6,8-9,16-17H2,1-3H3,(H,29,33)/t22-/m1/s1. The Bertz CT molecular complexity index is 1200. The number of ether oxygens (including phenoxy) is 1. The number of rotatable bonds is 11. The quantitative estimate of drug-likeness (QED) is 0.425. The van der Waals surface area contributed by atoms with Gasteiger partial charge in [-0.05, 0) is 49.1 Å². The zero-order chi connectivity index (χ0) is 27.2. The number of anilines is 1. The maximum Gasteiger partial charge on any atom is 0.244 e. The first-order valence-corrected chi connectivity index (χ1v) is 14.8. The number of amides is 2. The van der Waals surface area contributed by atoms with Gasteiger partial charge < -0.3 is 15.0 Å². The second-order valence-electron chi connectivity index (χ2n) is 9.13. The van der Waals surface area contributed by atoms with Crippen LogP contribution in [0, 0.1) is 0 Å². The molecular weight excluding hydrogens is 537 g/mol. The molecule has 8 nitrogen and oxygen atoms in total. The monoisotopic (exact) mass is 569 g/mol. The van der Waals surface area contributed by atoms with Gasteiger partial charge in [0.15, 0.2) is 0 Å². The van der Waals surface area contributed by atoms with E-state index in [0.29, 0.717) is 12.2 Å². The smallest absolute Gasteiger partial charge is 0.244 e. The van der Waals surface area contributed by atoms with E-state index in [2.05, 4.69) is 5.32 Å². The van der Waals surface area contributed by atoms with Crippen LogP contribution >= 0.6 is 23.2 Å². The average molecular weight is 571 g/mol. The second-order valence-corrected chi connectivity index (χ2v) is 11.8. The van der Waals surface area contributed by atoms with E-state index in [1.165, 1.54) is 17.0 Å². The summed E-state index contributed by atoms with van der Waals surface area (Å²) in [5.74, 6) is -0.125. The molecule has 0 aromatic heterocycles. The lowest BCUT2D eigenvalue weighted by Crippen LogP contribution is -2.53. The van der Waals surface area contributed by atoms with Crippen LogP contribution in [0.25, 0.3) is 0 Å². The highest BCUT2D eigenvalue weighted by Crippen LogP contribution is 2.34. The zero-order valence-corrected chi connectivity index (χ0v) is 23.6. The van der Waals surface area contributed by atoms with E-state index in [1.807, 2.05) is 19.1 Å². The van der Waals surface area contributed by atoms with Crippen LogP contribution in [0.5, 0.6) is 5.75 Å². The van der Waals surface area contributed by atoms with E-state index >= 15 is 0 Å². The molecule has 202 valence electrons. The molecule has 11 heteroatoms. The minimum absolute atomic E-state index is 0.0233. The lowest BCUT2D eigenvalue weighted by atomic mass is 10.1. The maximum absolute atomic E-state index is 13.8. The number of methoxy groups -OCH3 is 1. The predicted octanol–water partition coefficient (Wildman–Crippen LogP) is 4.63. The van der Waals surface area contributed by atoms with Crippen molar-refractivity contribution in [2.75, 3.05) is 24.2 Å². The normalized spacial score (nSPS) is 14.7. The largest absolute Gasteiger partial charge is 0.497 e. The van der Waals surface area contributed by atoms with Gasteiger partial charge in [-0.15, -0.1) is 0 Å². The molecular formula is C26H33Cl2N3O5S. The molecule has 0 saturated heterocycles. The van der Waals surface area contributed by atoms with Crippen LogP contribution in [-0.2, 0) is 26.2 Å². The Balaban J connectivity index is 1.95. The Labute approximate surface area is 228 Å². The lowest BCUT2D eigenvalue weighted by molar-refractivity contribution is -0.140. The minimum atomic E-state index is -3.91. The number of hydrogen-bond acceptors (Lipinski definition) is 5. The van der Waals surface area contributed by atoms with E-state index in [4.69, 9.17) is 27.9 Å². The molecule has 0 bridgehead atoms. The first-order valence-electron chi connectivity index (χ1n) is 12.2. The maximum atomic E-state index is 13.8. The van der Waals surface area contributed by atoms with E-state index in [1.54, 1.807) is 25.3 Å². The summed E-state index contributed by atoms with van der Waals surface area (Å²) in [5, 5.41) is 3.27. The molecule has 0 unspecified atom stereocenters. The number of nitrogens with zero attached hydrogens (tertiary/aromatic N) is 2. The average Bonchev–Trinajstić information content (AvgIpc) is 3.37. The van der Waals surface area contributed by atoms with Crippen LogP contribution in [0.1, 0.15) is 44.6 Å². The molecule has 0 heterocycles. The lowest BCUT2D eigenvalue weighted by Gasteiger charge is -2.33. The Hall–Kier alpha value is -2.49. The third kappa shape index (κ3) is 7.52. The molecule has 2 aromatic carbocycles. The Kier molecular flexibility index (Phi) is 10.1. The number of halogens is 2. The van der Waals surface area contributed by atoms with E-state index in [-0.39, 0.29) is 34.2 Å². The summed E-state index contributed by atoms with van der Waals surface area (Å²) in [4.78, 5) is 28.5. The van der Waals surface area contributed by atoms with Gasteiger partial charge >= 0.3 is 0 Å². The van der Waals surface area contributed by atoms with Gasteiger partial charge in [-0.1, -0.05) is 61.2 Å². The van der Waals surface area contributed by atoms with Gasteiger partial charge in [0.05, 0.1) is 29.1 Å². The van der Waals surface area contributed by atoms with Gasteiger partial charge in [0.25, 0.3) is 0 Å². The highest BCUT2D eigenvalue weighted by atomic mass is 35.5. The fraction of sp³-hybridized carbons (Fsp3) is 0.462. The molecule has 1 fully saturated rings. The third-order valence-corrected chi connectivity index (χ3v) is 8.41. The Morgan fingerprint density at radius 2 is 1.76 bits per heavy atom. The van der Waals surface area contributed by atoms with Gasteiger partial charge in [-0.3, -0.25) is 13.9 Å². The third-order valence-electron chi connectivity index (χ3n) is 6.48. The van der Waals surface area contributed by atoms with Crippen LogP contribution < -0.4 is 14.4 Å². The first-order chi connectivity index (χ1) is 17.5. The SMILES string of the molecule is CC[C@H](C(=O)NC1CCCC1)N(Cc1ccc(OC)cc1)C(=O)CN(c1cccc(Cl)c1Cl)S(C)(=O)=O. The first kappa shape index (κ1) is 29.1. The Morgan fingerprint density at radius 3 is 2.32 bits per heavy atom. The molecule has 1 N–H and O–H groups in total. The topological polar surface area (TPSA) is 96.0 Å². The van der Waals surface area contributed by atoms with E-state index in [9.17, 15) is 18.0 Å². The highest BCUT2D eigenvalue weighted by molar-refractivity contribution is 7.92. The van der Waals surface area contributed by atoms with Crippen molar-refractivity contribution in [3.05, 3.63) is 58.1 Å². The number of carbonyl (C=O) groups is 2. The van der Waals surface area contributed by atoms with Crippen LogP contribution in [-0.4, -0.2) is 57.1 Å². The fourth-order valence-corrected chi connectivity index (χ4v) is 5.80. The molecule has 0 spiro atoms. The molecule has 1 aliphatic rings. The van der Waals surface area contributed by atoms with Crippen molar-refractivity contribution < 1.29 is 22.7 Å². The number of nitrogens with one attached hydrogen (secondary N) is 1. The zero-order valence-electron chi connectivity index (χ0n) is 21.2.